The van der Waals surface area contributed by atoms with Gasteiger partial charge in [0.2, 0.25) is 0 Å². The predicted molar refractivity (Wildman–Crippen MR) is 127 cm³/mol. The smallest absolute Gasteiger partial charge is 0.261 e. The Morgan fingerprint density at radius 3 is 2.10 bits per heavy atom. The van der Waals surface area contributed by atoms with Crippen molar-refractivity contribution in [3.05, 3.63) is 97.1 Å². The zero-order valence-corrected chi connectivity index (χ0v) is 17.5. The van der Waals surface area contributed by atoms with Gasteiger partial charge in [0.1, 0.15) is 0 Å². The van der Waals surface area contributed by atoms with Gasteiger partial charge in [-0.2, -0.15) is 0 Å². The van der Waals surface area contributed by atoms with Crippen LogP contribution in [0.3, 0.4) is 0 Å². The molecule has 30 heavy (non-hydrogen) atoms. The van der Waals surface area contributed by atoms with E-state index in [9.17, 15) is 8.42 Å². The van der Waals surface area contributed by atoms with E-state index in [0.717, 1.165) is 16.5 Å². The second kappa shape index (κ2) is 8.52. The fourth-order valence-corrected chi connectivity index (χ4v) is 4.34. The summed E-state index contributed by atoms with van der Waals surface area (Å²) in [5, 5.41) is 8.89. The molecule has 0 radical (unpaired) electrons. The van der Waals surface area contributed by atoms with Crippen molar-refractivity contribution in [2.75, 3.05) is 15.4 Å². The zero-order chi connectivity index (χ0) is 21.0. The number of para-hydroxylation sites is 1. The Labute approximate surface area is 180 Å². The van der Waals surface area contributed by atoms with Gasteiger partial charge < -0.3 is 10.6 Å². The molecule has 0 bridgehead atoms. The number of hydrogen-bond acceptors (Lipinski definition) is 3. The lowest BCUT2D eigenvalue weighted by Gasteiger charge is -2.13. The maximum Gasteiger partial charge on any atom is 0.261 e. The third kappa shape index (κ3) is 4.59. The minimum Gasteiger partial charge on any atom is -0.332 e. The molecule has 0 aliphatic heterocycles. The molecule has 0 saturated carbocycles. The summed E-state index contributed by atoms with van der Waals surface area (Å²) in [5.41, 5.74) is 2.10. The number of hydrogen-bond donors (Lipinski definition) is 3. The third-order valence-corrected chi connectivity index (χ3v) is 6.09. The van der Waals surface area contributed by atoms with E-state index in [1.807, 2.05) is 48.5 Å². The molecule has 7 heteroatoms. The lowest BCUT2D eigenvalue weighted by atomic mass is 10.1. The van der Waals surface area contributed by atoms with E-state index in [-0.39, 0.29) is 4.90 Å². The molecule has 0 aliphatic carbocycles. The molecular weight excluding hydrogens is 414 g/mol. The topological polar surface area (TPSA) is 70.2 Å². The summed E-state index contributed by atoms with van der Waals surface area (Å²) in [4.78, 5) is 0.171. The number of thiocarbonyl (C=S) groups is 1. The van der Waals surface area contributed by atoms with Crippen LogP contribution in [0.4, 0.5) is 17.1 Å². The molecular formula is C23H19N3O2S2. The van der Waals surface area contributed by atoms with Gasteiger partial charge in [-0.3, -0.25) is 4.72 Å². The van der Waals surface area contributed by atoms with Gasteiger partial charge in [-0.15, -0.1) is 0 Å². The second-order valence-corrected chi connectivity index (χ2v) is 8.69. The molecule has 0 saturated heterocycles. The maximum atomic E-state index is 12.5. The van der Waals surface area contributed by atoms with Crippen molar-refractivity contribution in [2.24, 2.45) is 0 Å². The van der Waals surface area contributed by atoms with Crippen molar-refractivity contribution >= 4 is 55.2 Å². The predicted octanol–water partition coefficient (Wildman–Crippen LogP) is 5.45. The van der Waals surface area contributed by atoms with Crippen molar-refractivity contribution in [1.82, 2.24) is 0 Å². The van der Waals surface area contributed by atoms with E-state index in [0.29, 0.717) is 16.5 Å². The summed E-state index contributed by atoms with van der Waals surface area (Å²) in [5.74, 6) is 0. The van der Waals surface area contributed by atoms with Crippen molar-refractivity contribution in [3.63, 3.8) is 0 Å². The molecule has 4 aromatic carbocycles. The summed E-state index contributed by atoms with van der Waals surface area (Å²) in [6.45, 7) is 0. The van der Waals surface area contributed by atoms with Crippen molar-refractivity contribution in [1.29, 1.82) is 0 Å². The number of benzene rings is 4. The lowest BCUT2D eigenvalue weighted by molar-refractivity contribution is 0.601. The van der Waals surface area contributed by atoms with Crippen LogP contribution < -0.4 is 15.4 Å². The van der Waals surface area contributed by atoms with Crippen LogP contribution in [0.1, 0.15) is 0 Å². The molecule has 0 aromatic heterocycles. The first-order valence-corrected chi connectivity index (χ1v) is 11.1. The van der Waals surface area contributed by atoms with E-state index >= 15 is 0 Å². The van der Waals surface area contributed by atoms with Crippen molar-refractivity contribution < 1.29 is 8.42 Å². The average molecular weight is 434 g/mol. The minimum atomic E-state index is -3.66. The minimum absolute atomic E-state index is 0.171. The van der Waals surface area contributed by atoms with Gasteiger partial charge in [0.05, 0.1) is 4.90 Å². The Bertz CT molecular complexity index is 1280. The van der Waals surface area contributed by atoms with Gasteiger partial charge in [-0.05, 0) is 60.1 Å². The third-order valence-electron chi connectivity index (χ3n) is 4.49. The van der Waals surface area contributed by atoms with Gasteiger partial charge in [-0.25, -0.2) is 8.42 Å². The Balaban J connectivity index is 1.45. The first-order chi connectivity index (χ1) is 14.5. The monoisotopic (exact) mass is 433 g/mol. The van der Waals surface area contributed by atoms with E-state index in [1.165, 1.54) is 12.1 Å². The van der Waals surface area contributed by atoms with E-state index in [1.54, 1.807) is 36.4 Å². The Morgan fingerprint density at radius 2 is 1.33 bits per heavy atom. The molecule has 0 fully saturated rings. The lowest BCUT2D eigenvalue weighted by Crippen LogP contribution is -2.19. The van der Waals surface area contributed by atoms with Crippen LogP contribution in [0.2, 0.25) is 0 Å². The molecule has 4 rings (SSSR count). The molecule has 0 unspecified atom stereocenters. The molecule has 0 aliphatic rings. The number of sulfonamides is 1. The van der Waals surface area contributed by atoms with E-state index in [4.69, 9.17) is 12.2 Å². The highest BCUT2D eigenvalue weighted by Gasteiger charge is 2.14. The fourth-order valence-electron chi connectivity index (χ4n) is 3.06. The summed E-state index contributed by atoms with van der Waals surface area (Å²) >= 11 is 5.42. The van der Waals surface area contributed by atoms with Crippen LogP contribution in [0.5, 0.6) is 0 Å². The molecule has 0 amide bonds. The summed E-state index contributed by atoms with van der Waals surface area (Å²) in [6, 6.07) is 29.2. The molecule has 4 aromatic rings. The molecule has 5 nitrogen and oxygen atoms in total. The summed E-state index contributed by atoms with van der Waals surface area (Å²) in [6.07, 6.45) is 0. The van der Waals surface area contributed by atoms with Gasteiger partial charge >= 0.3 is 0 Å². The Morgan fingerprint density at radius 1 is 0.667 bits per heavy atom. The summed E-state index contributed by atoms with van der Waals surface area (Å²) < 4.78 is 27.6. The highest BCUT2D eigenvalue weighted by atomic mass is 32.2. The van der Waals surface area contributed by atoms with Crippen molar-refractivity contribution in [2.45, 2.75) is 4.90 Å². The maximum absolute atomic E-state index is 12.5. The molecule has 0 atom stereocenters. The van der Waals surface area contributed by atoms with Crippen molar-refractivity contribution in [3.8, 4) is 0 Å². The Hall–Kier alpha value is -3.42. The van der Waals surface area contributed by atoms with Crippen LogP contribution in [0.25, 0.3) is 10.8 Å². The number of nitrogens with one attached hydrogen (secondary N) is 3. The van der Waals surface area contributed by atoms with Crippen LogP contribution >= 0.6 is 12.2 Å². The fraction of sp³-hybridized carbons (Fsp3) is 0. The van der Waals surface area contributed by atoms with Gasteiger partial charge in [0.15, 0.2) is 5.11 Å². The average Bonchev–Trinajstić information content (AvgIpc) is 2.75. The van der Waals surface area contributed by atoms with E-state index in [2.05, 4.69) is 15.4 Å². The van der Waals surface area contributed by atoms with Crippen LogP contribution in [-0.2, 0) is 10.0 Å². The molecule has 150 valence electrons. The van der Waals surface area contributed by atoms with Gasteiger partial charge in [0.25, 0.3) is 10.0 Å². The number of rotatable bonds is 5. The normalized spacial score (nSPS) is 11.1. The van der Waals surface area contributed by atoms with Crippen LogP contribution in [-0.4, -0.2) is 13.5 Å². The molecule has 0 heterocycles. The highest BCUT2D eigenvalue weighted by Crippen LogP contribution is 2.23. The number of anilines is 3. The van der Waals surface area contributed by atoms with Gasteiger partial charge in [0, 0.05) is 22.4 Å². The standard InChI is InChI=1S/C23H19N3O2S2/c27-30(28,26-19-9-2-1-3-10-19)20-15-13-18(14-16-20)24-23(29)25-22-12-6-8-17-7-4-5-11-21(17)22/h1-16,26H,(H2,24,25,29). The first kappa shape index (κ1) is 19.9. The SMILES string of the molecule is O=S(=O)(Nc1ccccc1)c1ccc(NC(=S)Nc2cccc3ccccc23)cc1. The Kier molecular flexibility index (Phi) is 5.65. The number of fused-ring (bicyclic) bond motifs is 1. The second-order valence-electron chi connectivity index (χ2n) is 6.60. The first-order valence-electron chi connectivity index (χ1n) is 9.25. The summed E-state index contributed by atoms with van der Waals surface area (Å²) in [7, 11) is -3.66. The molecule has 3 N–H and O–H groups in total. The zero-order valence-electron chi connectivity index (χ0n) is 15.9. The molecule has 0 spiro atoms. The largest absolute Gasteiger partial charge is 0.332 e. The van der Waals surface area contributed by atoms with Crippen LogP contribution in [0.15, 0.2) is 102 Å². The quantitative estimate of drug-likeness (QED) is 0.365. The van der Waals surface area contributed by atoms with Gasteiger partial charge in [-0.1, -0.05) is 54.6 Å². The van der Waals surface area contributed by atoms with E-state index < -0.39 is 10.0 Å². The highest BCUT2D eigenvalue weighted by molar-refractivity contribution is 7.92. The van der Waals surface area contributed by atoms with Crippen LogP contribution in [0, 0.1) is 0 Å².